The van der Waals surface area contributed by atoms with Crippen LogP contribution >= 0.6 is 0 Å². The predicted molar refractivity (Wildman–Crippen MR) is 47.9 cm³/mol. The monoisotopic (exact) mass is 143 g/mol. The summed E-state index contributed by atoms with van der Waals surface area (Å²) in [5.41, 5.74) is 10.8. The first kappa shape index (κ1) is 9.94. The minimum atomic E-state index is 0.736. The summed E-state index contributed by atoms with van der Waals surface area (Å²) in [6.45, 7) is 4.55. The lowest BCUT2D eigenvalue weighted by Crippen LogP contribution is -2.34. The van der Waals surface area contributed by atoms with Gasteiger partial charge in [0.15, 0.2) is 0 Å². The normalized spacial score (nSPS) is 10.7. The molecule has 0 aliphatic carbocycles. The molecule has 0 aromatic rings. The molecule has 4 N–H and O–H groups in total. The molecule has 0 aliphatic heterocycles. The molecule has 0 aromatic carbocycles. The van der Waals surface area contributed by atoms with Gasteiger partial charge in [-0.05, 0) is 6.54 Å². The first-order chi connectivity index (χ1) is 4.85. The summed E-state index contributed by atoms with van der Waals surface area (Å²) in [5, 5.41) is 0. The van der Waals surface area contributed by atoms with E-state index in [9.17, 15) is 0 Å². The Morgan fingerprint density at radius 2 is 1.50 bits per heavy atom. The second-order valence-electron chi connectivity index (χ2n) is 2.42. The van der Waals surface area contributed by atoms with Crippen LogP contribution in [0.4, 0.5) is 0 Å². The van der Waals surface area contributed by atoms with Crippen molar-refractivity contribution in [1.29, 1.82) is 0 Å². The molecule has 0 aromatic heterocycles. The van der Waals surface area contributed by atoms with Crippen LogP contribution in [-0.2, 0) is 0 Å². The lowest BCUT2D eigenvalue weighted by Gasteiger charge is -2.19. The van der Waals surface area contributed by atoms with E-state index in [0.717, 1.165) is 32.7 Å². The second kappa shape index (κ2) is 7.06. The van der Waals surface area contributed by atoms with Crippen LogP contribution in [0.3, 0.4) is 0 Å². The van der Waals surface area contributed by atoms with E-state index in [1.165, 1.54) is 6.32 Å². The SMILES string of the molecule is BCCN(CCN)CCN. The van der Waals surface area contributed by atoms with Crippen molar-refractivity contribution in [2.75, 3.05) is 32.7 Å². The zero-order valence-electron chi connectivity index (χ0n) is 6.84. The number of rotatable bonds is 6. The molecule has 0 atom stereocenters. The summed E-state index contributed by atoms with van der Waals surface area (Å²) < 4.78 is 0. The predicted octanol–water partition coefficient (Wildman–Crippen LogP) is -1.74. The molecule has 0 rings (SSSR count). The van der Waals surface area contributed by atoms with Crippen molar-refractivity contribution >= 4 is 7.85 Å². The van der Waals surface area contributed by atoms with Crippen molar-refractivity contribution in [2.24, 2.45) is 11.5 Å². The van der Waals surface area contributed by atoms with Crippen LogP contribution in [0.15, 0.2) is 0 Å². The second-order valence-corrected chi connectivity index (χ2v) is 2.42. The Labute approximate surface area is 64.2 Å². The minimum absolute atomic E-state index is 0.736. The highest BCUT2D eigenvalue weighted by Gasteiger charge is 1.98. The molecule has 0 aliphatic rings. The molecule has 0 saturated carbocycles. The zero-order chi connectivity index (χ0) is 7.82. The van der Waals surface area contributed by atoms with Crippen LogP contribution in [0.1, 0.15) is 0 Å². The molecule has 3 nitrogen and oxygen atoms in total. The lowest BCUT2D eigenvalue weighted by atomic mass is 10.1. The van der Waals surface area contributed by atoms with Gasteiger partial charge in [-0.15, -0.1) is 0 Å². The first-order valence-corrected chi connectivity index (χ1v) is 3.97. The lowest BCUT2D eigenvalue weighted by molar-refractivity contribution is 0.305. The number of nitrogens with two attached hydrogens (primary N) is 2. The van der Waals surface area contributed by atoms with Crippen molar-refractivity contribution in [2.45, 2.75) is 6.32 Å². The third-order valence-electron chi connectivity index (χ3n) is 1.43. The van der Waals surface area contributed by atoms with Gasteiger partial charge in [0.25, 0.3) is 0 Å². The summed E-state index contributed by atoms with van der Waals surface area (Å²) in [7, 11) is 2.17. The molecular formula is C6H18BN3. The fraction of sp³-hybridized carbons (Fsp3) is 1.00. The van der Waals surface area contributed by atoms with Crippen LogP contribution in [-0.4, -0.2) is 45.5 Å². The molecule has 10 heavy (non-hydrogen) atoms. The average Bonchev–Trinajstić information content (AvgIpc) is 1.90. The van der Waals surface area contributed by atoms with Gasteiger partial charge >= 0.3 is 0 Å². The van der Waals surface area contributed by atoms with E-state index in [1.54, 1.807) is 0 Å². The summed E-state index contributed by atoms with van der Waals surface area (Å²) in [4.78, 5) is 2.29. The number of nitrogens with zero attached hydrogens (tertiary/aromatic N) is 1. The van der Waals surface area contributed by atoms with E-state index >= 15 is 0 Å². The maximum atomic E-state index is 5.41. The summed E-state index contributed by atoms with van der Waals surface area (Å²) in [6.07, 6.45) is 1.18. The Kier molecular flexibility index (Phi) is 7.02. The van der Waals surface area contributed by atoms with E-state index in [2.05, 4.69) is 12.7 Å². The molecule has 0 radical (unpaired) electrons. The van der Waals surface area contributed by atoms with Crippen LogP contribution in [0.2, 0.25) is 6.32 Å². The van der Waals surface area contributed by atoms with Gasteiger partial charge in [0, 0.05) is 26.2 Å². The third-order valence-corrected chi connectivity index (χ3v) is 1.43. The molecule has 0 unspecified atom stereocenters. The molecule has 0 heterocycles. The van der Waals surface area contributed by atoms with Crippen molar-refractivity contribution < 1.29 is 0 Å². The van der Waals surface area contributed by atoms with Crippen molar-refractivity contribution in [3.63, 3.8) is 0 Å². The maximum absolute atomic E-state index is 5.41. The number of hydrogen-bond donors (Lipinski definition) is 2. The first-order valence-electron chi connectivity index (χ1n) is 3.97. The summed E-state index contributed by atoms with van der Waals surface area (Å²) >= 11 is 0. The van der Waals surface area contributed by atoms with Crippen molar-refractivity contribution in [1.82, 2.24) is 4.90 Å². The van der Waals surface area contributed by atoms with E-state index < -0.39 is 0 Å². The Bertz CT molecular complexity index is 55.7. The van der Waals surface area contributed by atoms with Gasteiger partial charge in [-0.3, -0.25) is 0 Å². The zero-order valence-corrected chi connectivity index (χ0v) is 6.84. The molecule has 0 bridgehead atoms. The minimum Gasteiger partial charge on any atom is -0.329 e. The summed E-state index contributed by atoms with van der Waals surface area (Å²) in [6, 6.07) is 0. The van der Waals surface area contributed by atoms with E-state index in [0.29, 0.717) is 0 Å². The quantitative estimate of drug-likeness (QED) is 0.434. The van der Waals surface area contributed by atoms with Gasteiger partial charge < -0.3 is 16.4 Å². The highest BCUT2D eigenvalue weighted by molar-refractivity contribution is 6.08. The van der Waals surface area contributed by atoms with Gasteiger partial charge in [0.05, 0.1) is 0 Å². The van der Waals surface area contributed by atoms with Gasteiger partial charge in [-0.2, -0.15) is 0 Å². The molecule has 0 saturated heterocycles. The van der Waals surface area contributed by atoms with E-state index in [4.69, 9.17) is 11.5 Å². The Balaban J connectivity index is 3.30. The van der Waals surface area contributed by atoms with Gasteiger partial charge in [-0.1, -0.05) is 6.32 Å². The highest BCUT2D eigenvalue weighted by atomic mass is 15.1. The fourth-order valence-corrected chi connectivity index (χ4v) is 1.02. The van der Waals surface area contributed by atoms with Crippen LogP contribution in [0.25, 0.3) is 0 Å². The van der Waals surface area contributed by atoms with Gasteiger partial charge in [0.1, 0.15) is 7.85 Å². The standard InChI is InChI=1S/C6H18BN3/c7-1-4-10(5-2-8)6-3-9/h1-9H2. The van der Waals surface area contributed by atoms with Crippen LogP contribution in [0, 0.1) is 0 Å². The fourth-order valence-electron chi connectivity index (χ4n) is 1.02. The molecule has 0 spiro atoms. The van der Waals surface area contributed by atoms with E-state index in [1.807, 2.05) is 0 Å². The molecule has 4 heteroatoms. The Morgan fingerprint density at radius 1 is 1.00 bits per heavy atom. The number of hydrogen-bond acceptors (Lipinski definition) is 3. The Morgan fingerprint density at radius 3 is 1.80 bits per heavy atom. The topological polar surface area (TPSA) is 55.3 Å². The smallest absolute Gasteiger partial charge is 0.103 e. The van der Waals surface area contributed by atoms with Crippen molar-refractivity contribution in [3.05, 3.63) is 0 Å². The van der Waals surface area contributed by atoms with Crippen LogP contribution in [0.5, 0.6) is 0 Å². The molecule has 0 fully saturated rings. The van der Waals surface area contributed by atoms with Crippen LogP contribution < -0.4 is 11.5 Å². The van der Waals surface area contributed by atoms with Gasteiger partial charge in [0.2, 0.25) is 0 Å². The Hall–Kier alpha value is -0.0551. The van der Waals surface area contributed by atoms with Gasteiger partial charge in [-0.25, -0.2) is 0 Å². The average molecular weight is 143 g/mol. The largest absolute Gasteiger partial charge is 0.329 e. The molecular weight excluding hydrogens is 125 g/mol. The van der Waals surface area contributed by atoms with E-state index in [-0.39, 0.29) is 0 Å². The summed E-state index contributed by atoms with van der Waals surface area (Å²) in [5.74, 6) is 0. The third kappa shape index (κ3) is 4.79. The highest BCUT2D eigenvalue weighted by Crippen LogP contribution is 1.86. The molecule has 0 amide bonds. The molecule has 60 valence electrons. The van der Waals surface area contributed by atoms with Crippen molar-refractivity contribution in [3.8, 4) is 0 Å². The maximum Gasteiger partial charge on any atom is 0.103 e.